The highest BCUT2D eigenvalue weighted by atomic mass is 35.5. The monoisotopic (exact) mass is 656 g/mol. The molecule has 1 fully saturated rings. The lowest BCUT2D eigenvalue weighted by Crippen LogP contribution is -2.46. The Morgan fingerprint density at radius 3 is 2.54 bits per heavy atom. The van der Waals surface area contributed by atoms with Crippen LogP contribution >= 0.6 is 60.5 Å². The van der Waals surface area contributed by atoms with Gasteiger partial charge in [0.2, 0.25) is 11.0 Å². The molecule has 3 N–H and O–H groups in total. The number of halogens is 3. The first-order valence-electron chi connectivity index (χ1n) is 12.2. The predicted octanol–water partition coefficient (Wildman–Crippen LogP) is 5.82. The Morgan fingerprint density at radius 1 is 1.10 bits per heavy atom. The molecule has 0 aliphatic carbocycles. The predicted molar refractivity (Wildman–Crippen MR) is 169 cm³/mol. The van der Waals surface area contributed by atoms with Crippen LogP contribution in [0.4, 0.5) is 10.9 Å². The van der Waals surface area contributed by atoms with Crippen molar-refractivity contribution in [3.8, 4) is 11.5 Å². The maximum absolute atomic E-state index is 12.0. The Balaban J connectivity index is 0.00000196. The number of hydrogen-bond acceptors (Lipinski definition) is 11. The zero-order valence-electron chi connectivity index (χ0n) is 22.4. The third-order valence-electron chi connectivity index (χ3n) is 6.45. The lowest BCUT2D eigenvalue weighted by Gasteiger charge is -2.37. The fraction of sp³-hybridized carbons (Fsp3) is 0.308. The Labute approximate surface area is 265 Å². The number of likely N-dealkylation sites (tertiary alicyclic amines) is 1. The number of anilines is 2. The highest BCUT2D eigenvalue weighted by molar-refractivity contribution is 7.99. The normalized spacial score (nSPS) is 13.7. The number of rotatable bonds is 8. The number of ether oxygens (including phenoxy) is 1. The Kier molecular flexibility index (Phi) is 13.0. The van der Waals surface area contributed by atoms with Crippen molar-refractivity contribution in [2.45, 2.75) is 42.0 Å². The number of aryl methyl sites for hydroxylation is 1. The number of hydrogen-bond donors (Lipinski definition) is 2. The molecular weight excluding hydrogens is 627 g/mol. The summed E-state index contributed by atoms with van der Waals surface area (Å²) in [5.74, 6) is 2.44. The highest BCUT2D eigenvalue weighted by Gasteiger charge is 2.36. The molecule has 5 heterocycles. The molecule has 0 atom stereocenters. The zero-order valence-corrected chi connectivity index (χ0v) is 26.4. The van der Waals surface area contributed by atoms with E-state index in [9.17, 15) is 4.79 Å². The van der Waals surface area contributed by atoms with E-state index in [4.69, 9.17) is 15.5 Å². The molecule has 0 aromatic carbocycles. The molecule has 1 aliphatic rings. The number of piperidine rings is 1. The second-order valence-corrected chi connectivity index (χ2v) is 11.0. The fourth-order valence-corrected chi connectivity index (χ4v) is 5.58. The summed E-state index contributed by atoms with van der Waals surface area (Å²) >= 11 is 2.78. The fourth-order valence-electron chi connectivity index (χ4n) is 4.10. The first-order chi connectivity index (χ1) is 18.4. The average molecular weight is 658 g/mol. The summed E-state index contributed by atoms with van der Waals surface area (Å²) in [6.07, 6.45) is 6.82. The van der Waals surface area contributed by atoms with E-state index in [1.165, 1.54) is 23.3 Å². The van der Waals surface area contributed by atoms with Gasteiger partial charge in [0.15, 0.2) is 17.4 Å². The van der Waals surface area contributed by atoms with Crippen LogP contribution in [0, 0.1) is 6.92 Å². The van der Waals surface area contributed by atoms with Crippen molar-refractivity contribution in [2.75, 3.05) is 25.0 Å². The molecule has 10 nitrogen and oxygen atoms in total. The van der Waals surface area contributed by atoms with E-state index >= 15 is 0 Å². The van der Waals surface area contributed by atoms with Crippen molar-refractivity contribution in [1.82, 2.24) is 29.2 Å². The molecule has 220 valence electrons. The first kappa shape index (κ1) is 34.5. The average Bonchev–Trinajstić information content (AvgIpc) is 3.41. The van der Waals surface area contributed by atoms with Crippen LogP contribution in [0.15, 0.2) is 64.9 Å². The van der Waals surface area contributed by atoms with Gasteiger partial charge in [-0.25, -0.2) is 15.0 Å². The van der Waals surface area contributed by atoms with E-state index in [0.717, 1.165) is 34.3 Å². The quantitative estimate of drug-likeness (QED) is 0.239. The van der Waals surface area contributed by atoms with Crippen molar-refractivity contribution >= 4 is 77.4 Å². The minimum absolute atomic E-state index is 0. The van der Waals surface area contributed by atoms with Crippen LogP contribution in [0.25, 0.3) is 0 Å². The molecule has 1 amide bonds. The number of aromatic nitrogens is 5. The van der Waals surface area contributed by atoms with E-state index in [1.807, 2.05) is 48.2 Å². The molecule has 15 heteroatoms. The molecule has 0 saturated carbocycles. The molecule has 1 aliphatic heterocycles. The van der Waals surface area contributed by atoms with E-state index in [0.29, 0.717) is 35.5 Å². The van der Waals surface area contributed by atoms with Crippen LogP contribution in [0.2, 0.25) is 0 Å². The van der Waals surface area contributed by atoms with Gasteiger partial charge >= 0.3 is 0 Å². The van der Waals surface area contributed by atoms with E-state index in [-0.39, 0.29) is 55.1 Å². The van der Waals surface area contributed by atoms with Crippen molar-refractivity contribution in [3.63, 3.8) is 0 Å². The molecule has 0 bridgehead atoms. The van der Waals surface area contributed by atoms with Gasteiger partial charge in [0.05, 0.1) is 12.2 Å². The van der Waals surface area contributed by atoms with Crippen molar-refractivity contribution < 1.29 is 9.53 Å². The number of carbonyl (C=O) groups excluding carboxylic acids is 1. The van der Waals surface area contributed by atoms with Gasteiger partial charge in [-0.3, -0.25) is 9.78 Å². The highest BCUT2D eigenvalue weighted by Crippen LogP contribution is 2.38. The smallest absolute Gasteiger partial charge is 0.236 e. The zero-order chi connectivity index (χ0) is 26.5. The number of carbonyl (C=O) groups is 1. The molecule has 4 aromatic rings. The summed E-state index contributed by atoms with van der Waals surface area (Å²) in [6, 6.07) is 11.4. The molecule has 1 saturated heterocycles. The number of nitrogens with one attached hydrogen (secondary N) is 1. The van der Waals surface area contributed by atoms with Gasteiger partial charge in [-0.1, -0.05) is 24.8 Å². The third kappa shape index (κ3) is 8.40. The van der Waals surface area contributed by atoms with Gasteiger partial charge in [0.1, 0.15) is 10.8 Å². The second-order valence-electron chi connectivity index (χ2n) is 9.17. The molecule has 0 spiro atoms. The van der Waals surface area contributed by atoms with Crippen LogP contribution in [0.3, 0.4) is 0 Å². The van der Waals surface area contributed by atoms with Gasteiger partial charge in [-0.15, -0.1) is 37.2 Å². The van der Waals surface area contributed by atoms with Gasteiger partial charge in [-0.05, 0) is 44.0 Å². The Hall–Kier alpha value is -2.74. The minimum atomic E-state index is -0.218. The van der Waals surface area contributed by atoms with Crippen LogP contribution < -0.4 is 15.8 Å². The van der Waals surface area contributed by atoms with Crippen LogP contribution in [0.1, 0.15) is 31.3 Å². The summed E-state index contributed by atoms with van der Waals surface area (Å²) < 4.78 is 10.9. The number of nitrogens with zero attached hydrogens (tertiary/aromatic N) is 6. The van der Waals surface area contributed by atoms with Crippen molar-refractivity contribution in [3.05, 3.63) is 66.5 Å². The van der Waals surface area contributed by atoms with Crippen LogP contribution in [-0.4, -0.2) is 54.8 Å². The number of pyridine rings is 3. The Bertz CT molecular complexity index is 1420. The molecule has 0 radical (unpaired) electrons. The van der Waals surface area contributed by atoms with Crippen molar-refractivity contribution in [2.24, 2.45) is 5.73 Å². The van der Waals surface area contributed by atoms with Crippen LogP contribution in [0.5, 0.6) is 11.5 Å². The van der Waals surface area contributed by atoms with Crippen LogP contribution in [-0.2, 0) is 10.2 Å². The van der Waals surface area contributed by atoms with Crippen molar-refractivity contribution in [1.29, 1.82) is 0 Å². The summed E-state index contributed by atoms with van der Waals surface area (Å²) in [7, 11) is 0. The second kappa shape index (κ2) is 15.5. The van der Waals surface area contributed by atoms with E-state index < -0.39 is 0 Å². The third-order valence-corrected chi connectivity index (χ3v) is 7.99. The summed E-state index contributed by atoms with van der Waals surface area (Å²) in [5, 5.41) is 4.78. The summed E-state index contributed by atoms with van der Waals surface area (Å²) in [5.41, 5.74) is 6.08. The maximum atomic E-state index is 12.0. The lowest BCUT2D eigenvalue weighted by molar-refractivity contribution is -0.131. The molecule has 4 aromatic heterocycles. The lowest BCUT2D eigenvalue weighted by atomic mass is 9.79. The molecule has 41 heavy (non-hydrogen) atoms. The van der Waals surface area contributed by atoms with Gasteiger partial charge in [-0.2, -0.15) is 4.37 Å². The van der Waals surface area contributed by atoms with Gasteiger partial charge < -0.3 is 20.7 Å². The number of amides is 1. The Morgan fingerprint density at radius 2 is 1.85 bits per heavy atom. The topological polar surface area (TPSA) is 132 Å². The first-order valence-corrected chi connectivity index (χ1v) is 13.8. The number of nitrogens with two attached hydrogens (primary N) is 1. The van der Waals surface area contributed by atoms with E-state index in [1.54, 1.807) is 18.6 Å². The summed E-state index contributed by atoms with van der Waals surface area (Å²) in [6.45, 7) is 5.37. The SMILES string of the molecule is Cc1ncccc1Oc1cc(Sc2ccccn2)cnc1Nc1nc(C2(C)CCN(C(=O)CN)CC2)ns1.Cl.Cl.Cl. The van der Waals surface area contributed by atoms with Gasteiger partial charge in [0.25, 0.3) is 0 Å². The largest absolute Gasteiger partial charge is 0.452 e. The maximum Gasteiger partial charge on any atom is 0.236 e. The molecular formula is C26H31Cl3N8O2S2. The molecule has 0 unspecified atom stereocenters. The van der Waals surface area contributed by atoms with E-state index in [2.05, 4.69) is 31.6 Å². The minimum Gasteiger partial charge on any atom is -0.452 e. The summed E-state index contributed by atoms with van der Waals surface area (Å²) in [4.78, 5) is 32.8. The molecule has 5 rings (SSSR count). The standard InChI is InChI=1S/C26H28N8O2S2.3ClH/c1-17-19(6-5-11-28-17)36-20-14-18(37-21-7-3-4-10-29-21)16-30-23(20)31-25-32-24(33-38-25)26(2)8-12-34(13-9-26)22(35)15-27;;;/h3-7,10-11,14,16H,8-9,12-13,15,27H2,1-2H3,(H,30,31,32,33);3*1H. The van der Waals surface area contributed by atoms with Gasteiger partial charge in [0, 0.05) is 59.6 Å².